The monoisotopic (exact) mass is 224 g/mol. The van der Waals surface area contributed by atoms with Crippen LogP contribution in [0.3, 0.4) is 0 Å². The zero-order valence-electron chi connectivity index (χ0n) is 9.02. The van der Waals surface area contributed by atoms with E-state index in [0.29, 0.717) is 0 Å². The summed E-state index contributed by atoms with van der Waals surface area (Å²) in [4.78, 5) is 33.3. The standard InChI is InChI=1S/C10H12N2O4/c1-3-7(14)10(6(2)13)16-9-5-4-8(15)11-12-9/h4-5,10H,3H2,1-2H3,(H,11,15)/t10-/m1/s1. The highest BCUT2D eigenvalue weighted by molar-refractivity contribution is 6.04. The number of aromatic amines is 1. The van der Waals surface area contributed by atoms with Crippen molar-refractivity contribution < 1.29 is 14.3 Å². The van der Waals surface area contributed by atoms with Gasteiger partial charge in [0.1, 0.15) is 0 Å². The van der Waals surface area contributed by atoms with Crippen LogP contribution in [-0.4, -0.2) is 27.9 Å². The summed E-state index contributed by atoms with van der Waals surface area (Å²) in [6, 6.07) is 2.51. The van der Waals surface area contributed by atoms with E-state index < -0.39 is 6.10 Å². The second kappa shape index (κ2) is 5.20. The third-order valence-corrected chi connectivity index (χ3v) is 1.90. The zero-order valence-corrected chi connectivity index (χ0v) is 9.02. The molecule has 1 rings (SSSR count). The molecule has 16 heavy (non-hydrogen) atoms. The summed E-state index contributed by atoms with van der Waals surface area (Å²) in [5, 5.41) is 5.70. The highest BCUT2D eigenvalue weighted by atomic mass is 16.5. The molecule has 0 saturated carbocycles. The van der Waals surface area contributed by atoms with Gasteiger partial charge in [-0.1, -0.05) is 6.92 Å². The molecule has 0 aromatic carbocycles. The highest BCUT2D eigenvalue weighted by Crippen LogP contribution is 2.07. The maximum atomic E-state index is 11.4. The number of Topliss-reactive ketones (excluding diaryl/α,β-unsaturated/α-hetero) is 2. The lowest BCUT2D eigenvalue weighted by molar-refractivity contribution is -0.135. The number of H-pyrrole nitrogens is 1. The molecule has 0 fully saturated rings. The summed E-state index contributed by atoms with van der Waals surface area (Å²) in [5.41, 5.74) is -0.381. The van der Waals surface area contributed by atoms with Gasteiger partial charge < -0.3 is 4.74 Å². The molecule has 86 valence electrons. The van der Waals surface area contributed by atoms with Crippen molar-refractivity contribution in [3.63, 3.8) is 0 Å². The number of aromatic nitrogens is 2. The van der Waals surface area contributed by atoms with E-state index in [4.69, 9.17) is 4.74 Å². The van der Waals surface area contributed by atoms with Gasteiger partial charge in [0.2, 0.25) is 12.0 Å². The van der Waals surface area contributed by atoms with E-state index in [1.807, 2.05) is 0 Å². The van der Waals surface area contributed by atoms with Crippen molar-refractivity contribution in [1.29, 1.82) is 0 Å². The minimum absolute atomic E-state index is 0.0431. The lowest BCUT2D eigenvalue weighted by atomic mass is 10.1. The Morgan fingerprint density at radius 1 is 1.50 bits per heavy atom. The smallest absolute Gasteiger partial charge is 0.264 e. The second-order valence-electron chi connectivity index (χ2n) is 3.19. The fourth-order valence-electron chi connectivity index (χ4n) is 1.08. The molecule has 1 heterocycles. The Hall–Kier alpha value is -1.98. The van der Waals surface area contributed by atoms with Crippen molar-refractivity contribution >= 4 is 11.6 Å². The molecular formula is C10H12N2O4. The van der Waals surface area contributed by atoms with E-state index in [1.54, 1.807) is 6.92 Å². The van der Waals surface area contributed by atoms with Gasteiger partial charge >= 0.3 is 0 Å². The Morgan fingerprint density at radius 3 is 2.62 bits per heavy atom. The van der Waals surface area contributed by atoms with Gasteiger partial charge in [0.05, 0.1) is 0 Å². The van der Waals surface area contributed by atoms with E-state index in [1.165, 1.54) is 19.1 Å². The molecule has 0 radical (unpaired) electrons. The first kappa shape index (κ1) is 12.1. The van der Waals surface area contributed by atoms with Gasteiger partial charge in [0, 0.05) is 18.6 Å². The number of ketones is 2. The number of carbonyl (C=O) groups excluding carboxylic acids is 2. The molecule has 1 aromatic heterocycles. The van der Waals surface area contributed by atoms with E-state index in [9.17, 15) is 14.4 Å². The second-order valence-corrected chi connectivity index (χ2v) is 3.19. The molecule has 0 amide bonds. The molecule has 0 aliphatic heterocycles. The Labute approximate surface area is 91.6 Å². The van der Waals surface area contributed by atoms with E-state index in [2.05, 4.69) is 10.2 Å². The summed E-state index contributed by atoms with van der Waals surface area (Å²) in [6.45, 7) is 2.91. The average molecular weight is 224 g/mol. The lowest BCUT2D eigenvalue weighted by Gasteiger charge is -2.12. The van der Waals surface area contributed by atoms with Crippen molar-refractivity contribution in [3.8, 4) is 5.88 Å². The predicted octanol–water partition coefficient (Wildman–Crippen LogP) is 0.0854. The zero-order chi connectivity index (χ0) is 12.1. The molecule has 0 bridgehead atoms. The topological polar surface area (TPSA) is 89.1 Å². The minimum Gasteiger partial charge on any atom is -0.457 e. The molecule has 0 aliphatic carbocycles. The first-order valence-electron chi connectivity index (χ1n) is 4.80. The molecule has 0 saturated heterocycles. The molecule has 0 spiro atoms. The van der Waals surface area contributed by atoms with E-state index >= 15 is 0 Å². The summed E-state index contributed by atoms with van der Waals surface area (Å²) >= 11 is 0. The van der Waals surface area contributed by atoms with Crippen molar-refractivity contribution in [3.05, 3.63) is 22.5 Å². The average Bonchev–Trinajstić information content (AvgIpc) is 2.27. The molecule has 1 N–H and O–H groups in total. The van der Waals surface area contributed by atoms with Gasteiger partial charge in [0.25, 0.3) is 5.56 Å². The van der Waals surface area contributed by atoms with Gasteiger partial charge in [-0.15, -0.1) is 5.10 Å². The minimum atomic E-state index is -1.15. The van der Waals surface area contributed by atoms with Crippen LogP contribution >= 0.6 is 0 Å². The number of hydrogen-bond acceptors (Lipinski definition) is 5. The van der Waals surface area contributed by atoms with Crippen LogP contribution < -0.4 is 10.3 Å². The van der Waals surface area contributed by atoms with Gasteiger partial charge in [-0.05, 0) is 6.92 Å². The molecule has 6 nitrogen and oxygen atoms in total. The van der Waals surface area contributed by atoms with E-state index in [0.717, 1.165) is 0 Å². The van der Waals surface area contributed by atoms with Crippen molar-refractivity contribution in [2.24, 2.45) is 0 Å². The van der Waals surface area contributed by atoms with Gasteiger partial charge in [-0.3, -0.25) is 14.4 Å². The number of nitrogens with zero attached hydrogens (tertiary/aromatic N) is 1. The highest BCUT2D eigenvalue weighted by Gasteiger charge is 2.23. The normalized spacial score (nSPS) is 11.9. The van der Waals surface area contributed by atoms with E-state index in [-0.39, 0.29) is 29.4 Å². The third kappa shape index (κ3) is 3.01. The van der Waals surface area contributed by atoms with Crippen molar-refractivity contribution in [2.75, 3.05) is 0 Å². The quantitative estimate of drug-likeness (QED) is 0.716. The predicted molar refractivity (Wildman–Crippen MR) is 55.3 cm³/mol. The Balaban J connectivity index is 2.83. The summed E-state index contributed by atoms with van der Waals surface area (Å²) < 4.78 is 5.10. The molecule has 0 unspecified atom stereocenters. The number of hydrogen-bond donors (Lipinski definition) is 1. The largest absolute Gasteiger partial charge is 0.457 e. The fourth-order valence-corrected chi connectivity index (χ4v) is 1.08. The maximum Gasteiger partial charge on any atom is 0.264 e. The summed E-state index contributed by atoms with van der Waals surface area (Å²) in [6.07, 6.45) is -0.948. The lowest BCUT2D eigenvalue weighted by Crippen LogP contribution is -2.34. The van der Waals surface area contributed by atoms with Crippen LogP contribution in [0.5, 0.6) is 5.88 Å². The number of carbonyl (C=O) groups is 2. The van der Waals surface area contributed by atoms with Crippen LogP contribution in [0.2, 0.25) is 0 Å². The number of nitrogens with one attached hydrogen (secondary N) is 1. The molecule has 1 atom stereocenters. The molecule has 6 heteroatoms. The number of ether oxygens (including phenoxy) is 1. The summed E-state index contributed by atoms with van der Waals surface area (Å²) in [5.74, 6) is -0.665. The SMILES string of the molecule is CCC(=O)[C@H](Oc1ccc(=O)[nH]n1)C(C)=O. The first-order chi connectivity index (χ1) is 7.54. The van der Waals surface area contributed by atoms with Crippen LogP contribution in [0, 0.1) is 0 Å². The maximum absolute atomic E-state index is 11.4. The Kier molecular flexibility index (Phi) is 3.93. The Morgan fingerprint density at radius 2 is 2.19 bits per heavy atom. The molecular weight excluding hydrogens is 212 g/mol. The first-order valence-corrected chi connectivity index (χ1v) is 4.80. The van der Waals surface area contributed by atoms with Crippen LogP contribution in [0.25, 0.3) is 0 Å². The molecule has 1 aromatic rings. The van der Waals surface area contributed by atoms with Crippen molar-refractivity contribution in [1.82, 2.24) is 10.2 Å². The Bertz CT molecular complexity index is 432. The van der Waals surface area contributed by atoms with Gasteiger partial charge in [0.15, 0.2) is 11.6 Å². The van der Waals surface area contributed by atoms with Gasteiger partial charge in [-0.2, -0.15) is 0 Å². The summed E-state index contributed by atoms with van der Waals surface area (Å²) in [7, 11) is 0. The third-order valence-electron chi connectivity index (χ3n) is 1.90. The van der Waals surface area contributed by atoms with Crippen molar-refractivity contribution in [2.45, 2.75) is 26.4 Å². The number of rotatable bonds is 5. The van der Waals surface area contributed by atoms with Crippen LogP contribution in [0.4, 0.5) is 0 Å². The van der Waals surface area contributed by atoms with Crippen LogP contribution in [0.1, 0.15) is 20.3 Å². The fraction of sp³-hybridized carbons (Fsp3) is 0.400. The van der Waals surface area contributed by atoms with Gasteiger partial charge in [-0.25, -0.2) is 5.10 Å². The molecule has 0 aliphatic rings. The van der Waals surface area contributed by atoms with Crippen LogP contribution in [-0.2, 0) is 9.59 Å². The van der Waals surface area contributed by atoms with Crippen LogP contribution in [0.15, 0.2) is 16.9 Å².